The van der Waals surface area contributed by atoms with Crippen LogP contribution in [0.5, 0.6) is 0 Å². The van der Waals surface area contributed by atoms with Crippen molar-refractivity contribution in [3.8, 4) is 0 Å². The van der Waals surface area contributed by atoms with Crippen LogP contribution in [-0.2, 0) is 22.6 Å². The topological polar surface area (TPSA) is 56.4 Å². The van der Waals surface area contributed by atoms with E-state index in [2.05, 4.69) is 11.1 Å². The van der Waals surface area contributed by atoms with E-state index >= 15 is 0 Å². The van der Waals surface area contributed by atoms with E-state index < -0.39 is 6.04 Å². The standard InChI is InChI=1S/C27H22FN3O2/c28-19-12-10-17(11-13-19)15-30-16-24(32)31-23(27(30)33)14-21-20-8-4-5-9-22(20)29-25(21)26(31)18-6-2-1-3-7-18/h1-13,23,26,29H,14-16H2/t23-,26+/m1/s1. The average Bonchev–Trinajstić information content (AvgIpc) is 3.21. The van der Waals surface area contributed by atoms with Crippen LogP contribution in [0.2, 0.25) is 0 Å². The van der Waals surface area contributed by atoms with E-state index in [4.69, 9.17) is 0 Å². The van der Waals surface area contributed by atoms with Crippen molar-refractivity contribution in [2.24, 2.45) is 0 Å². The van der Waals surface area contributed by atoms with Gasteiger partial charge in [-0.25, -0.2) is 4.39 Å². The maximum absolute atomic E-state index is 13.7. The molecule has 0 bridgehead atoms. The summed E-state index contributed by atoms with van der Waals surface area (Å²) >= 11 is 0. The number of carbonyl (C=O) groups is 2. The summed E-state index contributed by atoms with van der Waals surface area (Å²) in [6, 6.07) is 23.1. The van der Waals surface area contributed by atoms with Gasteiger partial charge in [0.25, 0.3) is 0 Å². The fourth-order valence-electron chi connectivity index (χ4n) is 5.25. The lowest BCUT2D eigenvalue weighted by atomic mass is 9.86. The van der Waals surface area contributed by atoms with Crippen molar-refractivity contribution in [1.29, 1.82) is 0 Å². The normalized spacial score (nSPS) is 20.2. The molecule has 2 atom stereocenters. The highest BCUT2D eigenvalue weighted by Gasteiger charge is 2.48. The van der Waals surface area contributed by atoms with E-state index in [1.165, 1.54) is 12.1 Å². The third-order valence-corrected chi connectivity index (χ3v) is 6.74. The molecule has 6 rings (SSSR count). The summed E-state index contributed by atoms with van der Waals surface area (Å²) in [4.78, 5) is 34.1. The summed E-state index contributed by atoms with van der Waals surface area (Å²) in [6.07, 6.45) is 0.465. The Morgan fingerprint density at radius 1 is 0.909 bits per heavy atom. The molecule has 1 N–H and O–H groups in total. The summed E-state index contributed by atoms with van der Waals surface area (Å²) in [5.41, 5.74) is 4.85. The van der Waals surface area contributed by atoms with Crippen LogP contribution in [0.1, 0.15) is 28.4 Å². The molecule has 33 heavy (non-hydrogen) atoms. The number of piperazine rings is 1. The van der Waals surface area contributed by atoms with Crippen LogP contribution in [0.25, 0.3) is 10.9 Å². The minimum Gasteiger partial charge on any atom is -0.356 e. The molecule has 3 heterocycles. The second kappa shape index (κ2) is 7.59. The number of H-pyrrole nitrogens is 1. The van der Waals surface area contributed by atoms with Crippen molar-refractivity contribution in [3.05, 3.63) is 107 Å². The largest absolute Gasteiger partial charge is 0.356 e. The number of carbonyl (C=O) groups excluding carboxylic acids is 2. The van der Waals surface area contributed by atoms with Crippen molar-refractivity contribution in [3.63, 3.8) is 0 Å². The van der Waals surface area contributed by atoms with Crippen LogP contribution in [0.3, 0.4) is 0 Å². The molecular weight excluding hydrogens is 417 g/mol. The molecule has 0 aliphatic carbocycles. The van der Waals surface area contributed by atoms with Crippen LogP contribution in [-0.4, -0.2) is 39.2 Å². The second-order valence-electron chi connectivity index (χ2n) is 8.72. The van der Waals surface area contributed by atoms with E-state index in [1.54, 1.807) is 21.9 Å². The predicted octanol–water partition coefficient (Wildman–Crippen LogP) is 4.19. The first-order valence-electron chi connectivity index (χ1n) is 11.1. The Morgan fingerprint density at radius 3 is 2.42 bits per heavy atom. The average molecular weight is 439 g/mol. The fraction of sp³-hybridized carbons (Fsp3) is 0.185. The Morgan fingerprint density at radius 2 is 1.64 bits per heavy atom. The number of rotatable bonds is 3. The maximum atomic E-state index is 13.7. The zero-order valence-corrected chi connectivity index (χ0v) is 17.9. The van der Waals surface area contributed by atoms with E-state index in [1.807, 2.05) is 48.5 Å². The lowest BCUT2D eigenvalue weighted by molar-refractivity contribution is -0.159. The number of nitrogens with one attached hydrogen (secondary N) is 1. The number of benzene rings is 3. The second-order valence-corrected chi connectivity index (χ2v) is 8.72. The molecule has 0 spiro atoms. The highest BCUT2D eigenvalue weighted by Crippen LogP contribution is 2.42. The number of amides is 2. The van der Waals surface area contributed by atoms with Gasteiger partial charge in [-0.1, -0.05) is 60.7 Å². The van der Waals surface area contributed by atoms with Gasteiger partial charge in [-0.2, -0.15) is 0 Å². The molecule has 3 aromatic carbocycles. The Kier molecular flexibility index (Phi) is 4.54. The Labute approximate surface area is 190 Å². The van der Waals surface area contributed by atoms with E-state index in [9.17, 15) is 14.0 Å². The van der Waals surface area contributed by atoms with Crippen LogP contribution >= 0.6 is 0 Å². The molecule has 0 saturated carbocycles. The van der Waals surface area contributed by atoms with E-state index in [0.717, 1.165) is 33.3 Å². The van der Waals surface area contributed by atoms with Gasteiger partial charge in [0, 0.05) is 29.6 Å². The number of halogens is 1. The smallest absolute Gasteiger partial charge is 0.246 e. The highest BCUT2D eigenvalue weighted by molar-refractivity contribution is 5.97. The quantitative estimate of drug-likeness (QED) is 0.520. The molecular formula is C27H22FN3O2. The van der Waals surface area contributed by atoms with Gasteiger partial charge >= 0.3 is 0 Å². The zero-order chi connectivity index (χ0) is 22.5. The van der Waals surface area contributed by atoms with Crippen LogP contribution in [0.15, 0.2) is 78.9 Å². The summed E-state index contributed by atoms with van der Waals surface area (Å²) in [5.74, 6) is -0.480. The van der Waals surface area contributed by atoms with Crippen molar-refractivity contribution >= 4 is 22.7 Å². The highest BCUT2D eigenvalue weighted by atomic mass is 19.1. The van der Waals surface area contributed by atoms with Crippen LogP contribution in [0, 0.1) is 5.82 Å². The van der Waals surface area contributed by atoms with Gasteiger partial charge < -0.3 is 14.8 Å². The minimum absolute atomic E-state index is 0.00556. The van der Waals surface area contributed by atoms with Crippen molar-refractivity contribution in [2.75, 3.05) is 6.54 Å². The number of hydrogen-bond acceptors (Lipinski definition) is 2. The summed E-state index contributed by atoms with van der Waals surface area (Å²) in [5, 5.41) is 1.09. The third kappa shape index (κ3) is 3.21. The van der Waals surface area contributed by atoms with Gasteiger partial charge in [-0.05, 0) is 34.9 Å². The zero-order valence-electron chi connectivity index (χ0n) is 17.9. The monoisotopic (exact) mass is 439 g/mol. The molecule has 6 heteroatoms. The third-order valence-electron chi connectivity index (χ3n) is 6.74. The Hall–Kier alpha value is -3.93. The first-order chi connectivity index (χ1) is 16.1. The maximum Gasteiger partial charge on any atom is 0.246 e. The number of para-hydroxylation sites is 1. The molecule has 1 aromatic heterocycles. The van der Waals surface area contributed by atoms with E-state index in [-0.39, 0.29) is 36.8 Å². The van der Waals surface area contributed by atoms with E-state index in [0.29, 0.717) is 6.42 Å². The van der Waals surface area contributed by atoms with Gasteiger partial charge in [0.05, 0.1) is 6.04 Å². The number of aromatic amines is 1. The van der Waals surface area contributed by atoms with Crippen molar-refractivity contribution in [1.82, 2.24) is 14.8 Å². The number of fused-ring (bicyclic) bond motifs is 4. The molecule has 0 radical (unpaired) electrons. The molecule has 1 fully saturated rings. The minimum atomic E-state index is -0.580. The summed E-state index contributed by atoms with van der Waals surface area (Å²) < 4.78 is 13.3. The molecule has 5 nitrogen and oxygen atoms in total. The van der Waals surface area contributed by atoms with Gasteiger partial charge in [0.2, 0.25) is 11.8 Å². The number of hydrogen-bond donors (Lipinski definition) is 1. The summed E-state index contributed by atoms with van der Waals surface area (Å²) in [6.45, 7) is 0.289. The molecule has 2 aliphatic rings. The van der Waals surface area contributed by atoms with Gasteiger partial charge in [0.15, 0.2) is 0 Å². The van der Waals surface area contributed by atoms with Gasteiger partial charge in [0.1, 0.15) is 18.4 Å². The molecule has 164 valence electrons. The number of nitrogens with zero attached hydrogens (tertiary/aromatic N) is 2. The molecule has 1 saturated heterocycles. The molecule has 2 aliphatic heterocycles. The molecule has 0 unspecified atom stereocenters. The van der Waals surface area contributed by atoms with Crippen LogP contribution < -0.4 is 0 Å². The van der Waals surface area contributed by atoms with Crippen LogP contribution in [0.4, 0.5) is 4.39 Å². The number of aromatic nitrogens is 1. The lowest BCUT2D eigenvalue weighted by Crippen LogP contribution is -2.62. The first kappa shape index (κ1) is 19.7. The first-order valence-corrected chi connectivity index (χ1v) is 11.1. The fourth-order valence-corrected chi connectivity index (χ4v) is 5.25. The van der Waals surface area contributed by atoms with Crippen molar-refractivity contribution in [2.45, 2.75) is 25.0 Å². The lowest BCUT2D eigenvalue weighted by Gasteiger charge is -2.47. The SMILES string of the molecule is O=C1[C@H]2Cc3c([nH]c4ccccc34)[C@H](c3ccccc3)N2C(=O)CN1Cc1ccc(F)cc1. The predicted molar refractivity (Wildman–Crippen MR) is 123 cm³/mol. The Balaban J connectivity index is 1.44. The molecule has 2 amide bonds. The van der Waals surface area contributed by atoms with Crippen molar-refractivity contribution < 1.29 is 14.0 Å². The van der Waals surface area contributed by atoms with Gasteiger partial charge in [-0.3, -0.25) is 9.59 Å². The van der Waals surface area contributed by atoms with Gasteiger partial charge in [-0.15, -0.1) is 0 Å². The molecule has 4 aromatic rings. The summed E-state index contributed by atoms with van der Waals surface area (Å²) in [7, 11) is 0. The Bertz CT molecular complexity index is 1360.